The molecule has 3 aliphatic rings. The topological polar surface area (TPSA) is 116 Å². The van der Waals surface area contributed by atoms with E-state index in [9.17, 15) is 14.4 Å². The highest BCUT2D eigenvalue weighted by Gasteiger charge is 2.54. The number of esters is 1. The number of pyridine rings is 1. The molecule has 1 saturated heterocycles. The number of carbonyl (C=O) groups excluding carboxylic acids is 3. The zero-order chi connectivity index (χ0) is 33.2. The summed E-state index contributed by atoms with van der Waals surface area (Å²) in [7, 11) is 2.88. The Morgan fingerprint density at radius 2 is 1.91 bits per heavy atom. The first-order chi connectivity index (χ1) is 22.0. The largest absolute Gasteiger partial charge is 0.497 e. The lowest BCUT2D eigenvalue weighted by Gasteiger charge is -2.35. The molecule has 2 aliphatic carbocycles. The molecule has 1 aliphatic heterocycles. The Kier molecular flexibility index (Phi) is 9.93. The van der Waals surface area contributed by atoms with Crippen molar-refractivity contribution in [3.63, 3.8) is 0 Å². The average molecular weight is 634 g/mol. The second-order valence-corrected chi connectivity index (χ2v) is 13.8. The molecule has 2 amide bonds. The first-order valence-corrected chi connectivity index (χ1v) is 16.2. The first kappa shape index (κ1) is 33.3. The van der Waals surface area contributed by atoms with E-state index < -0.39 is 41.6 Å². The van der Waals surface area contributed by atoms with E-state index in [0.717, 1.165) is 31.1 Å². The van der Waals surface area contributed by atoms with Gasteiger partial charge in [-0.3, -0.25) is 4.79 Å². The summed E-state index contributed by atoms with van der Waals surface area (Å²) in [5, 5.41) is 3.76. The number of amides is 2. The molecule has 7 unspecified atom stereocenters. The van der Waals surface area contributed by atoms with Gasteiger partial charge in [-0.1, -0.05) is 39.5 Å². The minimum absolute atomic E-state index is 0.105. The molecule has 10 heteroatoms. The summed E-state index contributed by atoms with van der Waals surface area (Å²) in [5.74, 6) is 1.62. The van der Waals surface area contributed by atoms with E-state index in [0.29, 0.717) is 40.5 Å². The van der Waals surface area contributed by atoms with Gasteiger partial charge in [-0.05, 0) is 73.5 Å². The van der Waals surface area contributed by atoms with E-state index in [2.05, 4.69) is 18.5 Å². The van der Waals surface area contributed by atoms with Crippen molar-refractivity contribution in [3.8, 4) is 11.6 Å². The molecule has 1 N–H and O–H groups in total. The van der Waals surface area contributed by atoms with Crippen LogP contribution in [0.2, 0.25) is 0 Å². The lowest BCUT2D eigenvalue weighted by atomic mass is 9.85. The summed E-state index contributed by atoms with van der Waals surface area (Å²) in [4.78, 5) is 46.6. The number of nitrogens with one attached hydrogen (secondary N) is 1. The molecule has 3 fully saturated rings. The molecular formula is C36H47N3O7. The number of aromatic nitrogens is 1. The van der Waals surface area contributed by atoms with Crippen LogP contribution in [-0.4, -0.2) is 72.9 Å². The molecule has 10 nitrogen and oxygen atoms in total. The molecule has 2 saturated carbocycles. The summed E-state index contributed by atoms with van der Waals surface area (Å²) in [5.41, 5.74) is 0.682. The Bertz CT molecular complexity index is 1480. The van der Waals surface area contributed by atoms with Crippen molar-refractivity contribution in [3.05, 3.63) is 49.1 Å². The molecule has 5 rings (SSSR count). The summed E-state index contributed by atoms with van der Waals surface area (Å²) >= 11 is 0. The molecule has 0 radical (unpaired) electrons. The SMILES string of the molecule is C=CCCCC1C(OC(=O)NC(C(=O)N2CC(Oc3nc4cc(OC)ccc4cc3C=C)CC2C(=O)OC)C(C)(C)C)CC2CC21. The highest BCUT2D eigenvalue weighted by atomic mass is 16.6. The standard InChI is InChI=1S/C36H47N3O7/c1-8-10-11-12-26-27-16-23(27)17-30(26)46-35(42)38-31(36(3,4)5)33(40)39-20-25(19-29(39)34(41)44-7)45-32-21(9-2)15-22-13-14-24(43-6)18-28(22)37-32/h8-9,13-15,18,23,25-27,29-31H,1-2,10-12,16-17,19-20H2,3-7H3,(H,38,42). The zero-order valence-corrected chi connectivity index (χ0v) is 27.6. The van der Waals surface area contributed by atoms with Gasteiger partial charge in [-0.2, -0.15) is 0 Å². The monoisotopic (exact) mass is 633 g/mol. The molecule has 0 spiro atoms. The zero-order valence-electron chi connectivity index (χ0n) is 27.6. The van der Waals surface area contributed by atoms with Gasteiger partial charge in [0.1, 0.15) is 30.0 Å². The highest BCUT2D eigenvalue weighted by Crippen LogP contribution is 2.57. The predicted molar refractivity (Wildman–Crippen MR) is 175 cm³/mol. The van der Waals surface area contributed by atoms with Gasteiger partial charge >= 0.3 is 12.1 Å². The Balaban J connectivity index is 1.31. The molecule has 2 heterocycles. The van der Waals surface area contributed by atoms with Crippen molar-refractivity contribution in [1.82, 2.24) is 15.2 Å². The lowest BCUT2D eigenvalue weighted by molar-refractivity contribution is -0.152. The van der Waals surface area contributed by atoms with Crippen LogP contribution in [0.1, 0.15) is 64.9 Å². The summed E-state index contributed by atoms with van der Waals surface area (Å²) < 4.78 is 22.8. The third-order valence-corrected chi connectivity index (χ3v) is 9.65. The number of ether oxygens (including phenoxy) is 4. The van der Waals surface area contributed by atoms with Crippen LogP contribution in [0.15, 0.2) is 43.5 Å². The van der Waals surface area contributed by atoms with Gasteiger partial charge in [-0.15, -0.1) is 6.58 Å². The van der Waals surface area contributed by atoms with Gasteiger partial charge in [-0.25, -0.2) is 14.6 Å². The van der Waals surface area contributed by atoms with Crippen LogP contribution in [0.3, 0.4) is 0 Å². The lowest BCUT2D eigenvalue weighted by Crippen LogP contribution is -2.57. The van der Waals surface area contributed by atoms with Crippen LogP contribution in [0.5, 0.6) is 11.6 Å². The van der Waals surface area contributed by atoms with E-state index >= 15 is 0 Å². The molecule has 46 heavy (non-hydrogen) atoms. The maximum absolute atomic E-state index is 14.2. The fraction of sp³-hybridized carbons (Fsp3) is 0.556. The van der Waals surface area contributed by atoms with E-state index in [1.54, 1.807) is 13.2 Å². The number of unbranched alkanes of at least 4 members (excludes halogenated alkanes) is 1. The number of methoxy groups -OCH3 is 2. The predicted octanol–water partition coefficient (Wildman–Crippen LogP) is 5.93. The minimum Gasteiger partial charge on any atom is -0.497 e. The van der Waals surface area contributed by atoms with Crippen molar-refractivity contribution in [2.45, 2.75) is 83.6 Å². The van der Waals surface area contributed by atoms with Gasteiger partial charge in [0.25, 0.3) is 0 Å². The maximum Gasteiger partial charge on any atom is 0.408 e. The molecule has 2 aromatic rings. The van der Waals surface area contributed by atoms with E-state index in [1.165, 1.54) is 18.4 Å². The van der Waals surface area contributed by atoms with Crippen molar-refractivity contribution in [2.24, 2.45) is 23.2 Å². The fourth-order valence-electron chi connectivity index (χ4n) is 7.11. The van der Waals surface area contributed by atoms with Crippen LogP contribution in [0.4, 0.5) is 4.79 Å². The quantitative estimate of drug-likeness (QED) is 0.174. The number of carbonyl (C=O) groups is 3. The van der Waals surface area contributed by atoms with E-state index in [1.807, 2.05) is 51.1 Å². The van der Waals surface area contributed by atoms with Gasteiger partial charge in [0.05, 0.1) is 26.3 Å². The number of nitrogens with zero attached hydrogens (tertiary/aromatic N) is 2. The molecule has 248 valence electrons. The van der Waals surface area contributed by atoms with Crippen molar-refractivity contribution in [2.75, 3.05) is 20.8 Å². The number of hydrogen-bond acceptors (Lipinski definition) is 8. The Morgan fingerprint density at radius 1 is 1.13 bits per heavy atom. The number of fused-ring (bicyclic) bond motifs is 2. The number of benzene rings is 1. The Labute approximate surface area is 271 Å². The normalized spacial score (nSPS) is 25.7. The smallest absolute Gasteiger partial charge is 0.408 e. The number of alkyl carbamates (subject to hydrolysis) is 1. The Hall–Kier alpha value is -4.08. The molecule has 1 aromatic heterocycles. The third kappa shape index (κ3) is 7.16. The van der Waals surface area contributed by atoms with E-state index in [-0.39, 0.29) is 19.1 Å². The number of rotatable bonds is 12. The summed E-state index contributed by atoms with van der Waals surface area (Å²) in [6.45, 7) is 13.5. The van der Waals surface area contributed by atoms with Crippen molar-refractivity contribution < 1.29 is 33.3 Å². The number of allylic oxidation sites excluding steroid dienone is 1. The second kappa shape index (κ2) is 13.7. The average Bonchev–Trinajstić information content (AvgIpc) is 3.53. The third-order valence-electron chi connectivity index (χ3n) is 9.65. The molecule has 7 atom stereocenters. The van der Waals surface area contributed by atoms with Crippen molar-refractivity contribution in [1.29, 1.82) is 0 Å². The van der Waals surface area contributed by atoms with Crippen LogP contribution in [-0.2, 0) is 19.1 Å². The van der Waals surface area contributed by atoms with Gasteiger partial charge in [0.2, 0.25) is 11.8 Å². The molecule has 1 aromatic carbocycles. The van der Waals surface area contributed by atoms with E-state index in [4.69, 9.17) is 23.9 Å². The van der Waals surface area contributed by atoms with Crippen LogP contribution in [0.25, 0.3) is 17.0 Å². The summed E-state index contributed by atoms with van der Waals surface area (Å²) in [6.07, 6.45) is 7.47. The molecule has 0 bridgehead atoms. The fourth-order valence-corrected chi connectivity index (χ4v) is 7.11. The van der Waals surface area contributed by atoms with Gasteiger partial charge in [0, 0.05) is 23.4 Å². The Morgan fingerprint density at radius 3 is 2.59 bits per heavy atom. The van der Waals surface area contributed by atoms with Crippen LogP contribution >= 0.6 is 0 Å². The van der Waals surface area contributed by atoms with Crippen molar-refractivity contribution >= 4 is 34.9 Å². The number of hydrogen-bond donors (Lipinski definition) is 1. The minimum atomic E-state index is -0.948. The van der Waals surface area contributed by atoms with Crippen LogP contribution in [0, 0.1) is 23.2 Å². The maximum atomic E-state index is 14.2. The van der Waals surface area contributed by atoms with Gasteiger partial charge in [0.15, 0.2) is 0 Å². The molecular weight excluding hydrogens is 586 g/mol. The second-order valence-electron chi connectivity index (χ2n) is 13.8. The summed E-state index contributed by atoms with van der Waals surface area (Å²) in [6, 6.07) is 5.65. The van der Waals surface area contributed by atoms with Crippen LogP contribution < -0.4 is 14.8 Å². The highest BCUT2D eigenvalue weighted by molar-refractivity contribution is 5.91. The van der Waals surface area contributed by atoms with Gasteiger partial charge < -0.3 is 29.2 Å². The first-order valence-electron chi connectivity index (χ1n) is 16.2. The number of likely N-dealkylation sites (tertiary alicyclic amines) is 1.